The Kier molecular flexibility index (Phi) is 4.54. The first-order valence-corrected chi connectivity index (χ1v) is 7.46. The summed E-state index contributed by atoms with van der Waals surface area (Å²) in [6.45, 7) is 4.98. The molecule has 1 aliphatic carbocycles. The predicted molar refractivity (Wildman–Crippen MR) is 83.8 cm³/mol. The van der Waals surface area contributed by atoms with Gasteiger partial charge in [-0.25, -0.2) is 0 Å². The third kappa shape index (κ3) is 3.07. The van der Waals surface area contributed by atoms with Gasteiger partial charge in [0, 0.05) is 20.1 Å². The van der Waals surface area contributed by atoms with Gasteiger partial charge in [0.2, 0.25) is 0 Å². The van der Waals surface area contributed by atoms with E-state index in [4.69, 9.17) is 10.5 Å². The lowest BCUT2D eigenvalue weighted by atomic mass is 10.3. The number of nitrogens with two attached hydrogens (primary N) is 1. The maximum Gasteiger partial charge on any atom is 0.263 e. The molecule has 1 aromatic heterocycles. The van der Waals surface area contributed by atoms with Crippen molar-refractivity contribution in [3.63, 3.8) is 0 Å². The van der Waals surface area contributed by atoms with Gasteiger partial charge in [-0.2, -0.15) is 0 Å². The van der Waals surface area contributed by atoms with Crippen molar-refractivity contribution in [3.05, 3.63) is 17.5 Å². The Morgan fingerprint density at radius 3 is 2.90 bits per heavy atom. The average Bonchev–Trinajstić information content (AvgIpc) is 3.17. The van der Waals surface area contributed by atoms with Crippen LogP contribution in [0.25, 0.3) is 0 Å². The summed E-state index contributed by atoms with van der Waals surface area (Å²) in [4.78, 5) is 14.7. The number of hydrogen-bond donors (Lipinski definition) is 2. The summed E-state index contributed by atoms with van der Waals surface area (Å²) in [5.41, 5.74) is 6.46. The first-order chi connectivity index (χ1) is 9.58. The molecule has 2 rings (SSSR count). The molecule has 0 aromatic carbocycles. The largest absolute Gasteiger partial charge is 0.492 e. The van der Waals surface area contributed by atoms with Crippen molar-refractivity contribution < 1.29 is 9.53 Å². The lowest BCUT2D eigenvalue weighted by Gasteiger charge is -2.18. The number of thiophene rings is 1. The Labute approximate surface area is 123 Å². The lowest BCUT2D eigenvalue weighted by molar-refractivity contribution is 0.0962. The van der Waals surface area contributed by atoms with Crippen LogP contribution in [0.5, 0.6) is 5.75 Å². The zero-order valence-corrected chi connectivity index (χ0v) is 12.8. The minimum atomic E-state index is -0.184. The number of nitrogens with one attached hydrogen (secondary N) is 1. The molecule has 110 valence electrons. The van der Waals surface area contributed by atoms with Crippen LogP contribution >= 0.6 is 11.3 Å². The summed E-state index contributed by atoms with van der Waals surface area (Å²) in [5, 5.41) is 3.66. The molecule has 3 N–H and O–H groups in total. The summed E-state index contributed by atoms with van der Waals surface area (Å²) in [6, 6.07) is 0. The second-order valence-corrected chi connectivity index (χ2v) is 6.00. The lowest BCUT2D eigenvalue weighted by Crippen LogP contribution is -2.23. The molecule has 1 fully saturated rings. The molecule has 0 aliphatic heterocycles. The van der Waals surface area contributed by atoms with Crippen LogP contribution < -0.4 is 20.7 Å². The maximum atomic E-state index is 12.1. The minimum absolute atomic E-state index is 0.184. The first-order valence-electron chi connectivity index (χ1n) is 6.65. The number of methoxy groups -OCH3 is 1. The first kappa shape index (κ1) is 14.7. The van der Waals surface area contributed by atoms with E-state index < -0.39 is 0 Å². The second-order valence-electron chi connectivity index (χ2n) is 5.01. The predicted octanol–water partition coefficient (Wildman–Crippen LogP) is 2.10. The number of nitrogens with zero attached hydrogens (tertiary/aromatic N) is 1. The molecule has 1 aromatic rings. The highest BCUT2D eigenvalue weighted by Crippen LogP contribution is 2.45. The summed E-state index contributed by atoms with van der Waals surface area (Å²) in [5.74, 6) is 1.17. The summed E-state index contributed by atoms with van der Waals surface area (Å²) >= 11 is 1.38. The van der Waals surface area contributed by atoms with E-state index in [9.17, 15) is 4.79 Å². The highest BCUT2D eigenvalue weighted by molar-refractivity contribution is 7.19. The number of anilines is 2. The van der Waals surface area contributed by atoms with Crippen molar-refractivity contribution in [3.8, 4) is 5.75 Å². The average molecular weight is 295 g/mol. The van der Waals surface area contributed by atoms with Crippen molar-refractivity contribution in [2.45, 2.75) is 12.8 Å². The molecule has 1 amide bonds. The smallest absolute Gasteiger partial charge is 0.263 e. The molecule has 1 saturated carbocycles. The molecule has 0 unspecified atom stereocenters. The van der Waals surface area contributed by atoms with Gasteiger partial charge in [0.25, 0.3) is 5.91 Å². The molecule has 0 atom stereocenters. The molecule has 20 heavy (non-hydrogen) atoms. The van der Waals surface area contributed by atoms with Gasteiger partial charge in [0.1, 0.15) is 15.6 Å². The molecular formula is C14H21N3O2S. The Hall–Kier alpha value is -1.69. The van der Waals surface area contributed by atoms with E-state index in [2.05, 4.69) is 16.8 Å². The van der Waals surface area contributed by atoms with Gasteiger partial charge < -0.3 is 20.7 Å². The SMILES string of the molecule is C=CCNC(=O)c1sc(N(C)CC2CC2)c(OC)c1N. The number of carbonyl (C=O) groups excluding carboxylic acids is 1. The zero-order valence-electron chi connectivity index (χ0n) is 11.9. The fourth-order valence-electron chi connectivity index (χ4n) is 2.05. The zero-order chi connectivity index (χ0) is 14.7. The number of nitrogen functional groups attached to an aromatic ring is 1. The van der Waals surface area contributed by atoms with E-state index in [0.717, 1.165) is 17.5 Å². The molecule has 0 bridgehead atoms. The van der Waals surface area contributed by atoms with Crippen LogP contribution in [-0.2, 0) is 0 Å². The highest BCUT2D eigenvalue weighted by atomic mass is 32.1. The number of rotatable bonds is 7. The van der Waals surface area contributed by atoms with Gasteiger partial charge in [0.05, 0.1) is 7.11 Å². The maximum absolute atomic E-state index is 12.1. The molecule has 0 radical (unpaired) electrons. The van der Waals surface area contributed by atoms with Crippen LogP contribution in [0.1, 0.15) is 22.5 Å². The van der Waals surface area contributed by atoms with E-state index in [-0.39, 0.29) is 5.91 Å². The van der Waals surface area contributed by atoms with Gasteiger partial charge in [-0.3, -0.25) is 4.79 Å². The molecular weight excluding hydrogens is 274 g/mol. The van der Waals surface area contributed by atoms with Crippen LogP contribution in [-0.4, -0.2) is 33.2 Å². The standard InChI is InChI=1S/C14H21N3O2S/c1-4-7-16-13(18)12-10(15)11(19-3)14(20-12)17(2)8-9-5-6-9/h4,9H,1,5-8,15H2,2-3H3,(H,16,18). The summed E-state index contributed by atoms with van der Waals surface area (Å²) in [7, 11) is 3.59. The normalized spacial score (nSPS) is 13.9. The van der Waals surface area contributed by atoms with Crippen LogP contribution in [0.3, 0.4) is 0 Å². The minimum Gasteiger partial charge on any atom is -0.492 e. The van der Waals surface area contributed by atoms with E-state index in [1.165, 1.54) is 24.2 Å². The van der Waals surface area contributed by atoms with Crippen LogP contribution in [0.15, 0.2) is 12.7 Å². The Balaban J connectivity index is 2.22. The van der Waals surface area contributed by atoms with Crippen molar-refractivity contribution in [2.24, 2.45) is 5.92 Å². The molecule has 0 spiro atoms. The van der Waals surface area contributed by atoms with Crippen molar-refractivity contribution in [1.29, 1.82) is 0 Å². The number of ether oxygens (including phenoxy) is 1. The second kappa shape index (κ2) is 6.17. The van der Waals surface area contributed by atoms with Crippen LogP contribution in [0, 0.1) is 5.92 Å². The van der Waals surface area contributed by atoms with Gasteiger partial charge in [-0.05, 0) is 18.8 Å². The third-order valence-corrected chi connectivity index (χ3v) is 4.58. The molecule has 6 heteroatoms. The third-order valence-electron chi connectivity index (χ3n) is 3.28. The van der Waals surface area contributed by atoms with Crippen molar-refractivity contribution >= 4 is 27.9 Å². The number of carbonyl (C=O) groups is 1. The van der Waals surface area contributed by atoms with Crippen LogP contribution in [0.2, 0.25) is 0 Å². The quantitative estimate of drug-likeness (QED) is 0.756. The van der Waals surface area contributed by atoms with Gasteiger partial charge in [0.15, 0.2) is 5.75 Å². The van der Waals surface area contributed by atoms with Gasteiger partial charge >= 0.3 is 0 Å². The number of amides is 1. The monoisotopic (exact) mass is 295 g/mol. The summed E-state index contributed by atoms with van der Waals surface area (Å²) in [6.07, 6.45) is 4.19. The Bertz CT molecular complexity index is 509. The number of hydrogen-bond acceptors (Lipinski definition) is 5. The van der Waals surface area contributed by atoms with Crippen molar-refractivity contribution in [2.75, 3.05) is 37.9 Å². The molecule has 1 heterocycles. The fourth-order valence-corrected chi connectivity index (χ4v) is 3.13. The molecule has 0 saturated heterocycles. The van der Waals surface area contributed by atoms with Gasteiger partial charge in [-0.15, -0.1) is 17.9 Å². The van der Waals surface area contributed by atoms with Crippen LogP contribution in [0.4, 0.5) is 10.7 Å². The van der Waals surface area contributed by atoms with E-state index in [1.54, 1.807) is 13.2 Å². The Morgan fingerprint density at radius 1 is 1.65 bits per heavy atom. The van der Waals surface area contributed by atoms with E-state index in [0.29, 0.717) is 22.9 Å². The Morgan fingerprint density at radius 2 is 2.35 bits per heavy atom. The topological polar surface area (TPSA) is 67.6 Å². The van der Waals surface area contributed by atoms with E-state index >= 15 is 0 Å². The fraction of sp³-hybridized carbons (Fsp3) is 0.500. The summed E-state index contributed by atoms with van der Waals surface area (Å²) < 4.78 is 5.38. The van der Waals surface area contributed by atoms with E-state index in [1.807, 2.05) is 7.05 Å². The van der Waals surface area contributed by atoms with Crippen molar-refractivity contribution in [1.82, 2.24) is 5.32 Å². The molecule has 5 nitrogen and oxygen atoms in total. The highest BCUT2D eigenvalue weighted by Gasteiger charge is 2.28. The van der Waals surface area contributed by atoms with Gasteiger partial charge in [-0.1, -0.05) is 6.08 Å². The molecule has 1 aliphatic rings.